The number of aliphatic carboxylic acids is 1. The van der Waals surface area contributed by atoms with E-state index in [0.29, 0.717) is 6.54 Å². The molecule has 0 spiro atoms. The number of hydrogen-bond acceptors (Lipinski definition) is 4. The van der Waals surface area contributed by atoms with Gasteiger partial charge in [-0.05, 0) is 27.2 Å². The van der Waals surface area contributed by atoms with Crippen LogP contribution in [0.5, 0.6) is 0 Å². The molecule has 5 heteroatoms. The minimum atomic E-state index is -0.751. The summed E-state index contributed by atoms with van der Waals surface area (Å²) in [5.41, 5.74) is -0.215. The highest BCUT2D eigenvalue weighted by Crippen LogP contribution is 2.21. The van der Waals surface area contributed by atoms with Crippen molar-refractivity contribution in [3.63, 3.8) is 0 Å². The number of nitrogens with one attached hydrogen (secondary N) is 1. The second-order valence-electron chi connectivity index (χ2n) is 5.31. The van der Waals surface area contributed by atoms with Crippen LogP contribution in [0.2, 0.25) is 0 Å². The van der Waals surface area contributed by atoms with Crippen LogP contribution in [0.1, 0.15) is 27.2 Å². The predicted octanol–water partition coefficient (Wildman–Crippen LogP) is 0.548. The zero-order valence-electron chi connectivity index (χ0n) is 11.2. The third-order valence-corrected chi connectivity index (χ3v) is 3.48. The van der Waals surface area contributed by atoms with Crippen molar-refractivity contribution < 1.29 is 14.6 Å². The van der Waals surface area contributed by atoms with E-state index in [1.54, 1.807) is 7.11 Å². The Hall–Kier alpha value is -0.650. The highest BCUT2D eigenvalue weighted by atomic mass is 16.5. The van der Waals surface area contributed by atoms with E-state index >= 15 is 0 Å². The number of rotatable bonds is 5. The van der Waals surface area contributed by atoms with Gasteiger partial charge in [0.05, 0.1) is 5.60 Å². The van der Waals surface area contributed by atoms with Gasteiger partial charge in [-0.3, -0.25) is 9.69 Å². The lowest BCUT2D eigenvalue weighted by Gasteiger charge is -2.40. The molecule has 0 aromatic heterocycles. The van der Waals surface area contributed by atoms with Gasteiger partial charge in [-0.1, -0.05) is 0 Å². The van der Waals surface area contributed by atoms with Gasteiger partial charge in [-0.2, -0.15) is 0 Å². The molecule has 100 valence electrons. The Balaban J connectivity index is 2.65. The van der Waals surface area contributed by atoms with Gasteiger partial charge in [0.25, 0.3) is 0 Å². The molecular weight excluding hydrogens is 220 g/mol. The molecular formula is C12H24N2O3. The molecule has 0 aromatic rings. The van der Waals surface area contributed by atoms with Crippen LogP contribution in [-0.2, 0) is 9.53 Å². The first-order valence-corrected chi connectivity index (χ1v) is 6.12. The number of carboxylic acid groups (broad SMARTS) is 1. The Morgan fingerprint density at radius 1 is 1.65 bits per heavy atom. The van der Waals surface area contributed by atoms with E-state index in [0.717, 1.165) is 19.5 Å². The molecule has 2 unspecified atom stereocenters. The molecule has 1 rings (SSSR count). The Labute approximate surface area is 103 Å². The van der Waals surface area contributed by atoms with Crippen LogP contribution in [-0.4, -0.2) is 60.4 Å². The summed E-state index contributed by atoms with van der Waals surface area (Å²) in [4.78, 5) is 13.2. The lowest BCUT2D eigenvalue weighted by molar-refractivity contribution is -0.145. The number of carboxylic acids is 1. The highest BCUT2D eigenvalue weighted by Gasteiger charge is 2.33. The summed E-state index contributed by atoms with van der Waals surface area (Å²) >= 11 is 0. The third-order valence-electron chi connectivity index (χ3n) is 3.48. The number of hydrogen-bond donors (Lipinski definition) is 2. The largest absolute Gasteiger partial charge is 0.480 e. The first kappa shape index (κ1) is 14.4. The molecule has 0 amide bonds. The zero-order valence-corrected chi connectivity index (χ0v) is 11.2. The predicted molar refractivity (Wildman–Crippen MR) is 66.2 cm³/mol. The lowest BCUT2D eigenvalue weighted by atomic mass is 9.97. The first-order chi connectivity index (χ1) is 7.87. The van der Waals surface area contributed by atoms with Gasteiger partial charge in [-0.25, -0.2) is 0 Å². The average molecular weight is 244 g/mol. The van der Waals surface area contributed by atoms with Gasteiger partial charge < -0.3 is 15.2 Å². The normalized spacial score (nSPS) is 24.6. The third kappa shape index (κ3) is 3.94. The first-order valence-electron chi connectivity index (χ1n) is 6.12. The number of carbonyl (C=O) groups is 1. The summed E-state index contributed by atoms with van der Waals surface area (Å²) < 4.78 is 5.41. The zero-order chi connectivity index (χ0) is 13.1. The topological polar surface area (TPSA) is 61.8 Å². The van der Waals surface area contributed by atoms with E-state index in [2.05, 4.69) is 17.1 Å². The maximum atomic E-state index is 11.2. The monoisotopic (exact) mass is 244 g/mol. The van der Waals surface area contributed by atoms with Gasteiger partial charge in [0.15, 0.2) is 0 Å². The van der Waals surface area contributed by atoms with Crippen molar-refractivity contribution in [1.29, 1.82) is 0 Å². The minimum Gasteiger partial charge on any atom is -0.480 e. The fourth-order valence-electron chi connectivity index (χ4n) is 2.39. The van der Waals surface area contributed by atoms with Crippen molar-refractivity contribution in [3.8, 4) is 0 Å². The molecule has 1 aliphatic rings. The van der Waals surface area contributed by atoms with Gasteiger partial charge in [0.1, 0.15) is 6.04 Å². The maximum Gasteiger partial charge on any atom is 0.322 e. The summed E-state index contributed by atoms with van der Waals surface area (Å²) in [6, 6.07) is -0.223. The van der Waals surface area contributed by atoms with Crippen LogP contribution in [0.25, 0.3) is 0 Å². The Bertz CT molecular complexity index is 268. The fraction of sp³-hybridized carbons (Fsp3) is 0.917. The number of nitrogens with zero attached hydrogens (tertiary/aromatic N) is 1. The maximum absolute atomic E-state index is 11.2. The summed E-state index contributed by atoms with van der Waals surface area (Å²) in [7, 11) is 1.69. The van der Waals surface area contributed by atoms with Crippen LogP contribution in [0, 0.1) is 0 Å². The highest BCUT2D eigenvalue weighted by molar-refractivity contribution is 5.74. The van der Waals surface area contributed by atoms with Crippen LogP contribution in [0.15, 0.2) is 0 Å². The van der Waals surface area contributed by atoms with Gasteiger partial charge in [0, 0.05) is 32.8 Å². The van der Waals surface area contributed by atoms with Crippen molar-refractivity contribution in [1.82, 2.24) is 10.2 Å². The van der Waals surface area contributed by atoms with Gasteiger partial charge in [0.2, 0.25) is 0 Å². The molecule has 17 heavy (non-hydrogen) atoms. The Morgan fingerprint density at radius 3 is 2.82 bits per heavy atom. The molecule has 1 saturated heterocycles. The number of piperazine rings is 1. The van der Waals surface area contributed by atoms with Crippen molar-refractivity contribution in [2.45, 2.75) is 44.9 Å². The summed E-state index contributed by atoms with van der Waals surface area (Å²) in [6.45, 7) is 8.28. The molecule has 0 radical (unpaired) electrons. The minimum absolute atomic E-state index is 0.202. The lowest BCUT2D eigenvalue weighted by Crippen LogP contribution is -2.58. The summed E-state index contributed by atoms with van der Waals surface area (Å²) in [5, 5.41) is 12.3. The Kier molecular flexibility index (Phi) is 4.91. The molecule has 0 bridgehead atoms. The summed E-state index contributed by atoms with van der Waals surface area (Å²) in [6.07, 6.45) is 0.827. The molecule has 2 atom stereocenters. The molecule has 0 aromatic carbocycles. The molecule has 5 nitrogen and oxygen atoms in total. The average Bonchev–Trinajstić information content (AvgIpc) is 2.28. The van der Waals surface area contributed by atoms with E-state index in [-0.39, 0.29) is 11.6 Å². The molecule has 0 aliphatic carbocycles. The van der Waals surface area contributed by atoms with Gasteiger partial charge in [-0.15, -0.1) is 0 Å². The van der Waals surface area contributed by atoms with Crippen LogP contribution in [0.3, 0.4) is 0 Å². The second-order valence-corrected chi connectivity index (χ2v) is 5.31. The Morgan fingerprint density at radius 2 is 2.29 bits per heavy atom. The molecule has 1 heterocycles. The SMILES string of the molecule is COC(C)(C)CC(C)N1CCNCC1C(=O)O. The molecule has 1 fully saturated rings. The van der Waals surface area contributed by atoms with Gasteiger partial charge >= 0.3 is 5.97 Å². The standard InChI is InChI=1S/C12H24N2O3/c1-9(7-12(2,3)17-4)14-6-5-13-8-10(14)11(15)16/h9-10,13H,5-8H2,1-4H3,(H,15,16). The van der Waals surface area contributed by atoms with Crippen LogP contribution in [0.4, 0.5) is 0 Å². The van der Waals surface area contributed by atoms with Crippen molar-refractivity contribution >= 4 is 5.97 Å². The van der Waals surface area contributed by atoms with E-state index in [4.69, 9.17) is 4.74 Å². The van der Waals surface area contributed by atoms with E-state index in [1.807, 2.05) is 13.8 Å². The molecule has 0 saturated carbocycles. The van der Waals surface area contributed by atoms with Crippen molar-refractivity contribution in [2.75, 3.05) is 26.7 Å². The van der Waals surface area contributed by atoms with E-state index < -0.39 is 12.0 Å². The second kappa shape index (κ2) is 5.80. The van der Waals surface area contributed by atoms with Crippen LogP contribution < -0.4 is 5.32 Å². The summed E-state index contributed by atoms with van der Waals surface area (Å²) in [5.74, 6) is -0.751. The number of methoxy groups -OCH3 is 1. The fourth-order valence-corrected chi connectivity index (χ4v) is 2.39. The smallest absolute Gasteiger partial charge is 0.322 e. The van der Waals surface area contributed by atoms with E-state index in [9.17, 15) is 9.90 Å². The number of ether oxygens (including phenoxy) is 1. The quantitative estimate of drug-likeness (QED) is 0.739. The molecule has 2 N–H and O–H groups in total. The van der Waals surface area contributed by atoms with Crippen molar-refractivity contribution in [3.05, 3.63) is 0 Å². The van der Waals surface area contributed by atoms with Crippen molar-refractivity contribution in [2.24, 2.45) is 0 Å². The molecule has 1 aliphatic heterocycles. The van der Waals surface area contributed by atoms with E-state index in [1.165, 1.54) is 0 Å². The van der Waals surface area contributed by atoms with Crippen LogP contribution >= 0.6 is 0 Å².